The van der Waals surface area contributed by atoms with E-state index in [9.17, 15) is 0 Å². The van der Waals surface area contributed by atoms with Gasteiger partial charge in [-0.05, 0) is 49.4 Å². The third-order valence-electron chi connectivity index (χ3n) is 4.15. The van der Waals surface area contributed by atoms with Gasteiger partial charge >= 0.3 is 0 Å². The molecule has 1 heteroatoms. The van der Waals surface area contributed by atoms with E-state index in [1.54, 1.807) is 0 Å². The van der Waals surface area contributed by atoms with Gasteiger partial charge in [-0.25, -0.2) is 0 Å². The van der Waals surface area contributed by atoms with Gasteiger partial charge in [0.05, 0.1) is 0 Å². The molecule has 0 aliphatic heterocycles. The van der Waals surface area contributed by atoms with Crippen molar-refractivity contribution in [2.45, 2.75) is 45.6 Å². The largest absolute Gasteiger partial charge is 0.327 e. The van der Waals surface area contributed by atoms with E-state index in [-0.39, 0.29) is 0 Å². The highest BCUT2D eigenvalue weighted by atomic mass is 14.7. The molecule has 0 heterocycles. The summed E-state index contributed by atoms with van der Waals surface area (Å²) in [5, 5.41) is 0. The summed E-state index contributed by atoms with van der Waals surface area (Å²) in [6.45, 7) is 4.72. The minimum absolute atomic E-state index is 0.541. The zero-order valence-electron chi connectivity index (χ0n) is 8.29. The van der Waals surface area contributed by atoms with Gasteiger partial charge in [0, 0.05) is 6.04 Å². The van der Waals surface area contributed by atoms with Crippen molar-refractivity contribution in [3.8, 4) is 0 Å². The molecule has 1 nitrogen and oxygen atoms in total. The van der Waals surface area contributed by atoms with Crippen LogP contribution in [0.2, 0.25) is 0 Å². The van der Waals surface area contributed by atoms with Crippen LogP contribution in [0, 0.1) is 23.7 Å². The fraction of sp³-hybridized carbons (Fsp3) is 1.00. The summed E-state index contributed by atoms with van der Waals surface area (Å²) in [6.07, 6.45) is 5.59. The predicted molar refractivity (Wildman–Crippen MR) is 51.8 cm³/mol. The van der Waals surface area contributed by atoms with Gasteiger partial charge in [-0.15, -0.1) is 0 Å². The van der Waals surface area contributed by atoms with Crippen LogP contribution >= 0.6 is 0 Å². The van der Waals surface area contributed by atoms with E-state index in [1.165, 1.54) is 25.7 Å². The van der Waals surface area contributed by atoms with Crippen LogP contribution in [-0.4, -0.2) is 6.04 Å². The molecule has 12 heavy (non-hydrogen) atoms. The summed E-state index contributed by atoms with van der Waals surface area (Å²) in [5.41, 5.74) is 6.08. The summed E-state index contributed by atoms with van der Waals surface area (Å²) in [5.74, 6) is 3.74. The van der Waals surface area contributed by atoms with Gasteiger partial charge in [0.25, 0.3) is 0 Å². The monoisotopic (exact) mass is 167 g/mol. The zero-order chi connectivity index (χ0) is 8.72. The summed E-state index contributed by atoms with van der Waals surface area (Å²) < 4.78 is 0. The first-order chi connectivity index (χ1) is 5.68. The Labute approximate surface area is 75.7 Å². The van der Waals surface area contributed by atoms with E-state index in [2.05, 4.69) is 13.8 Å². The van der Waals surface area contributed by atoms with Crippen molar-refractivity contribution < 1.29 is 0 Å². The third kappa shape index (κ3) is 1.28. The Morgan fingerprint density at radius 2 is 1.92 bits per heavy atom. The van der Waals surface area contributed by atoms with Crippen molar-refractivity contribution in [2.75, 3.05) is 0 Å². The molecule has 0 aromatic rings. The molecule has 0 aromatic heterocycles. The molecular weight excluding hydrogens is 146 g/mol. The van der Waals surface area contributed by atoms with Gasteiger partial charge in [-0.3, -0.25) is 0 Å². The molecule has 0 amide bonds. The molecule has 0 saturated heterocycles. The van der Waals surface area contributed by atoms with Gasteiger partial charge < -0.3 is 5.73 Å². The van der Waals surface area contributed by atoms with Crippen molar-refractivity contribution in [1.29, 1.82) is 0 Å². The van der Waals surface area contributed by atoms with Crippen molar-refractivity contribution >= 4 is 0 Å². The van der Waals surface area contributed by atoms with E-state index in [0.717, 1.165) is 23.7 Å². The first kappa shape index (κ1) is 8.55. The maximum absolute atomic E-state index is 6.08. The topological polar surface area (TPSA) is 26.0 Å². The molecule has 0 aromatic carbocycles. The number of fused-ring (bicyclic) bond motifs is 1. The lowest BCUT2D eigenvalue weighted by Gasteiger charge is -2.16. The van der Waals surface area contributed by atoms with Crippen LogP contribution in [0.15, 0.2) is 0 Å². The maximum atomic E-state index is 6.08. The first-order valence-corrected chi connectivity index (χ1v) is 5.44. The van der Waals surface area contributed by atoms with Crippen LogP contribution in [0.5, 0.6) is 0 Å². The Balaban J connectivity index is 1.98. The van der Waals surface area contributed by atoms with Crippen LogP contribution < -0.4 is 5.73 Å². The minimum atomic E-state index is 0.541. The molecule has 4 atom stereocenters. The highest BCUT2D eigenvalue weighted by Crippen LogP contribution is 2.48. The fourth-order valence-electron chi connectivity index (χ4n) is 3.22. The van der Waals surface area contributed by atoms with E-state index in [1.807, 2.05) is 0 Å². The van der Waals surface area contributed by atoms with E-state index >= 15 is 0 Å². The number of hydrogen-bond donors (Lipinski definition) is 1. The molecule has 0 radical (unpaired) electrons. The summed E-state index contributed by atoms with van der Waals surface area (Å²) in [6, 6.07) is 0.541. The zero-order valence-corrected chi connectivity index (χ0v) is 8.29. The van der Waals surface area contributed by atoms with Crippen LogP contribution in [0.3, 0.4) is 0 Å². The molecule has 0 bridgehead atoms. The minimum Gasteiger partial charge on any atom is -0.327 e. The van der Waals surface area contributed by atoms with Crippen molar-refractivity contribution in [1.82, 2.24) is 0 Å². The normalized spacial score (nSPS) is 47.0. The van der Waals surface area contributed by atoms with E-state index in [4.69, 9.17) is 5.73 Å². The van der Waals surface area contributed by atoms with Crippen LogP contribution in [0.4, 0.5) is 0 Å². The molecule has 70 valence electrons. The lowest BCUT2D eigenvalue weighted by Crippen LogP contribution is -2.25. The van der Waals surface area contributed by atoms with Crippen molar-refractivity contribution in [2.24, 2.45) is 29.4 Å². The SMILES string of the molecule is CC(C)C1CC2CCC(N)C2C1. The quantitative estimate of drug-likeness (QED) is 0.637. The van der Waals surface area contributed by atoms with Gasteiger partial charge in [-0.1, -0.05) is 13.8 Å². The lowest BCUT2D eigenvalue weighted by atomic mass is 9.91. The smallest absolute Gasteiger partial charge is 0.00700 e. The predicted octanol–water partition coefficient (Wildman–Crippen LogP) is 2.41. The maximum Gasteiger partial charge on any atom is 0.00700 e. The Bertz CT molecular complexity index is 164. The Morgan fingerprint density at radius 1 is 1.17 bits per heavy atom. The van der Waals surface area contributed by atoms with Crippen molar-refractivity contribution in [3.63, 3.8) is 0 Å². The molecule has 2 rings (SSSR count). The second kappa shape index (κ2) is 3.02. The average Bonchev–Trinajstić information content (AvgIpc) is 2.53. The van der Waals surface area contributed by atoms with Gasteiger partial charge in [0.1, 0.15) is 0 Å². The Hall–Kier alpha value is -0.0400. The molecule has 0 spiro atoms. The molecule has 2 aliphatic rings. The van der Waals surface area contributed by atoms with Crippen LogP contribution in [0.25, 0.3) is 0 Å². The van der Waals surface area contributed by atoms with E-state index < -0.39 is 0 Å². The van der Waals surface area contributed by atoms with Crippen LogP contribution in [-0.2, 0) is 0 Å². The molecular formula is C11H21N. The van der Waals surface area contributed by atoms with Gasteiger partial charge in [0.15, 0.2) is 0 Å². The lowest BCUT2D eigenvalue weighted by molar-refractivity contribution is 0.358. The molecule has 2 fully saturated rings. The second-order valence-electron chi connectivity index (χ2n) is 5.14. The third-order valence-corrected chi connectivity index (χ3v) is 4.15. The average molecular weight is 167 g/mol. The highest BCUT2D eigenvalue weighted by molar-refractivity contribution is 4.95. The van der Waals surface area contributed by atoms with Gasteiger partial charge in [0.2, 0.25) is 0 Å². The Morgan fingerprint density at radius 3 is 2.50 bits per heavy atom. The van der Waals surface area contributed by atoms with Crippen molar-refractivity contribution in [3.05, 3.63) is 0 Å². The van der Waals surface area contributed by atoms with Gasteiger partial charge in [-0.2, -0.15) is 0 Å². The molecule has 4 unspecified atom stereocenters. The Kier molecular flexibility index (Phi) is 2.16. The van der Waals surface area contributed by atoms with E-state index in [0.29, 0.717) is 6.04 Å². The number of nitrogens with two attached hydrogens (primary N) is 1. The number of rotatable bonds is 1. The standard InChI is InChI=1S/C11H21N/c1-7(2)9-5-8-3-4-11(12)10(8)6-9/h7-11H,3-6,12H2,1-2H3. The summed E-state index contributed by atoms with van der Waals surface area (Å²) >= 11 is 0. The fourth-order valence-corrected chi connectivity index (χ4v) is 3.22. The number of hydrogen-bond acceptors (Lipinski definition) is 1. The van der Waals surface area contributed by atoms with Crippen LogP contribution in [0.1, 0.15) is 39.5 Å². The first-order valence-electron chi connectivity index (χ1n) is 5.44. The second-order valence-corrected chi connectivity index (χ2v) is 5.14. The molecule has 2 N–H and O–H groups in total. The summed E-state index contributed by atoms with van der Waals surface area (Å²) in [7, 11) is 0. The highest BCUT2D eigenvalue weighted by Gasteiger charge is 2.42. The molecule has 2 saturated carbocycles. The molecule has 2 aliphatic carbocycles. The summed E-state index contributed by atoms with van der Waals surface area (Å²) in [4.78, 5) is 0.